The minimum atomic E-state index is -0.716. The Hall–Kier alpha value is -0.830. The smallest absolute Gasteiger partial charge is 0.309 e. The van der Waals surface area contributed by atoms with Crippen LogP contribution in [0.3, 0.4) is 0 Å². The maximum atomic E-state index is 10.9. The summed E-state index contributed by atoms with van der Waals surface area (Å²) in [6.45, 7) is 5.62. The number of rotatable bonds is 4. The Labute approximate surface area is 88.6 Å². The largest absolute Gasteiger partial charge is 0.481 e. The summed E-state index contributed by atoms with van der Waals surface area (Å²) >= 11 is 1.71. The third-order valence-corrected chi connectivity index (χ3v) is 3.61. The number of carbonyl (C=O) groups is 1. The van der Waals surface area contributed by atoms with Gasteiger partial charge in [-0.1, -0.05) is 0 Å². The van der Waals surface area contributed by atoms with Crippen molar-refractivity contribution in [2.24, 2.45) is 5.41 Å². The van der Waals surface area contributed by atoms with E-state index in [1.54, 1.807) is 25.2 Å². The minimum absolute atomic E-state index is 0.615. The normalized spacial score (nSPS) is 11.6. The first-order valence-corrected chi connectivity index (χ1v) is 5.58. The SMILES string of the molecule is Cc1ccsc1CCC(C)(C)C(=O)O. The maximum Gasteiger partial charge on any atom is 0.309 e. The maximum absolute atomic E-state index is 10.9. The standard InChI is InChI=1S/C11H16O2S/c1-8-5-7-14-9(8)4-6-11(2,3)10(12)13/h5,7H,4,6H2,1-3H3,(H,12,13). The molecule has 0 atom stereocenters. The lowest BCUT2D eigenvalue weighted by Gasteiger charge is -2.18. The molecule has 0 radical (unpaired) electrons. The van der Waals surface area contributed by atoms with Gasteiger partial charge in [0.1, 0.15) is 0 Å². The van der Waals surface area contributed by atoms with Crippen molar-refractivity contribution >= 4 is 17.3 Å². The summed E-state index contributed by atoms with van der Waals surface area (Å²) in [5, 5.41) is 11.0. The highest BCUT2D eigenvalue weighted by Gasteiger charge is 2.26. The highest BCUT2D eigenvalue weighted by molar-refractivity contribution is 7.10. The van der Waals surface area contributed by atoms with E-state index in [1.165, 1.54) is 10.4 Å². The van der Waals surface area contributed by atoms with Crippen molar-refractivity contribution in [2.45, 2.75) is 33.6 Å². The van der Waals surface area contributed by atoms with E-state index in [1.807, 2.05) is 0 Å². The van der Waals surface area contributed by atoms with Crippen LogP contribution in [0.15, 0.2) is 11.4 Å². The van der Waals surface area contributed by atoms with E-state index in [4.69, 9.17) is 5.11 Å². The Bertz CT molecular complexity index is 326. The molecule has 14 heavy (non-hydrogen) atoms. The van der Waals surface area contributed by atoms with Crippen molar-refractivity contribution in [1.29, 1.82) is 0 Å². The summed E-state index contributed by atoms with van der Waals surface area (Å²) in [4.78, 5) is 12.2. The Kier molecular flexibility index (Phi) is 3.32. The molecule has 1 rings (SSSR count). The van der Waals surface area contributed by atoms with Crippen LogP contribution >= 0.6 is 11.3 Å². The van der Waals surface area contributed by atoms with Gasteiger partial charge in [-0.15, -0.1) is 11.3 Å². The lowest BCUT2D eigenvalue weighted by Crippen LogP contribution is -2.24. The van der Waals surface area contributed by atoms with Gasteiger partial charge in [-0.2, -0.15) is 0 Å². The molecule has 0 amide bonds. The lowest BCUT2D eigenvalue weighted by atomic mass is 9.87. The number of carboxylic acids is 1. The van der Waals surface area contributed by atoms with Crippen LogP contribution in [0.4, 0.5) is 0 Å². The van der Waals surface area contributed by atoms with Gasteiger partial charge in [0.2, 0.25) is 0 Å². The van der Waals surface area contributed by atoms with Crippen LogP contribution in [-0.4, -0.2) is 11.1 Å². The molecule has 0 aromatic carbocycles. The van der Waals surface area contributed by atoms with Gasteiger partial charge in [-0.25, -0.2) is 0 Å². The monoisotopic (exact) mass is 212 g/mol. The van der Waals surface area contributed by atoms with Gasteiger partial charge in [0, 0.05) is 4.88 Å². The predicted molar refractivity (Wildman–Crippen MR) is 58.8 cm³/mol. The van der Waals surface area contributed by atoms with Crippen LogP contribution in [-0.2, 0) is 11.2 Å². The molecule has 2 nitrogen and oxygen atoms in total. The highest BCUT2D eigenvalue weighted by Crippen LogP contribution is 2.26. The zero-order valence-corrected chi connectivity index (χ0v) is 9.65. The predicted octanol–water partition coefficient (Wildman–Crippen LogP) is 3.10. The molecule has 1 heterocycles. The van der Waals surface area contributed by atoms with Gasteiger partial charge in [-0.05, 0) is 50.6 Å². The van der Waals surface area contributed by atoms with E-state index < -0.39 is 11.4 Å². The summed E-state index contributed by atoms with van der Waals surface area (Å²) in [6.07, 6.45) is 1.56. The fourth-order valence-electron chi connectivity index (χ4n) is 1.19. The van der Waals surface area contributed by atoms with E-state index in [0.717, 1.165) is 6.42 Å². The first-order chi connectivity index (χ1) is 6.43. The molecule has 3 heteroatoms. The zero-order chi connectivity index (χ0) is 10.8. The molecular weight excluding hydrogens is 196 g/mol. The van der Waals surface area contributed by atoms with Gasteiger partial charge in [0.15, 0.2) is 0 Å². The van der Waals surface area contributed by atoms with E-state index in [9.17, 15) is 4.79 Å². The summed E-state index contributed by atoms with van der Waals surface area (Å²) in [5.74, 6) is -0.716. The molecule has 0 spiro atoms. The van der Waals surface area contributed by atoms with Crippen molar-refractivity contribution in [2.75, 3.05) is 0 Å². The lowest BCUT2D eigenvalue weighted by molar-refractivity contribution is -0.147. The van der Waals surface area contributed by atoms with Gasteiger partial charge < -0.3 is 5.11 Å². The number of hydrogen-bond donors (Lipinski definition) is 1. The molecule has 1 aromatic heterocycles. The van der Waals surface area contributed by atoms with Gasteiger partial charge in [0.05, 0.1) is 5.41 Å². The second-order valence-electron chi connectivity index (χ2n) is 4.22. The van der Waals surface area contributed by atoms with Gasteiger partial charge >= 0.3 is 5.97 Å². The summed E-state index contributed by atoms with van der Waals surface area (Å²) in [7, 11) is 0. The minimum Gasteiger partial charge on any atom is -0.481 e. The van der Waals surface area contributed by atoms with Gasteiger partial charge in [0.25, 0.3) is 0 Å². The number of aliphatic carboxylic acids is 1. The molecule has 0 aliphatic carbocycles. The quantitative estimate of drug-likeness (QED) is 0.832. The van der Waals surface area contributed by atoms with Crippen molar-refractivity contribution in [1.82, 2.24) is 0 Å². The van der Waals surface area contributed by atoms with Crippen LogP contribution in [0.5, 0.6) is 0 Å². The fourth-order valence-corrected chi connectivity index (χ4v) is 2.10. The Morgan fingerprint density at radius 3 is 2.64 bits per heavy atom. The molecule has 1 N–H and O–H groups in total. The highest BCUT2D eigenvalue weighted by atomic mass is 32.1. The number of carboxylic acid groups (broad SMARTS) is 1. The van der Waals surface area contributed by atoms with Crippen molar-refractivity contribution in [3.05, 3.63) is 21.9 Å². The molecule has 78 valence electrons. The van der Waals surface area contributed by atoms with Crippen LogP contribution < -0.4 is 0 Å². The molecule has 0 saturated heterocycles. The van der Waals surface area contributed by atoms with Crippen molar-refractivity contribution in [3.8, 4) is 0 Å². The first-order valence-electron chi connectivity index (χ1n) is 4.70. The third kappa shape index (κ3) is 2.58. The zero-order valence-electron chi connectivity index (χ0n) is 8.83. The molecule has 1 aromatic rings. The Morgan fingerprint density at radius 1 is 1.57 bits per heavy atom. The topological polar surface area (TPSA) is 37.3 Å². The molecule has 0 unspecified atom stereocenters. The molecular formula is C11H16O2S. The second kappa shape index (κ2) is 4.13. The number of hydrogen-bond acceptors (Lipinski definition) is 2. The van der Waals surface area contributed by atoms with Gasteiger partial charge in [-0.3, -0.25) is 4.79 Å². The van der Waals surface area contributed by atoms with E-state index in [0.29, 0.717) is 6.42 Å². The molecule has 0 saturated carbocycles. The van der Waals surface area contributed by atoms with Crippen LogP contribution in [0.2, 0.25) is 0 Å². The average Bonchev–Trinajstić information content (AvgIpc) is 2.47. The number of thiophene rings is 1. The first kappa shape index (κ1) is 11.2. The van der Waals surface area contributed by atoms with Crippen molar-refractivity contribution in [3.63, 3.8) is 0 Å². The Balaban J connectivity index is 2.57. The molecule has 0 fully saturated rings. The summed E-state index contributed by atoms with van der Waals surface area (Å²) in [5.41, 5.74) is 0.660. The van der Waals surface area contributed by atoms with E-state index >= 15 is 0 Å². The molecule has 0 aliphatic heterocycles. The molecule has 0 aliphatic rings. The summed E-state index contributed by atoms with van der Waals surface area (Å²) < 4.78 is 0. The third-order valence-electron chi connectivity index (χ3n) is 2.52. The van der Waals surface area contributed by atoms with Crippen LogP contribution in [0.1, 0.15) is 30.7 Å². The van der Waals surface area contributed by atoms with Crippen LogP contribution in [0, 0.1) is 12.3 Å². The average molecular weight is 212 g/mol. The number of aryl methyl sites for hydroxylation is 2. The fraction of sp³-hybridized carbons (Fsp3) is 0.545. The summed E-state index contributed by atoms with van der Waals surface area (Å²) in [6, 6.07) is 2.08. The second-order valence-corrected chi connectivity index (χ2v) is 5.22. The van der Waals surface area contributed by atoms with Crippen LogP contribution in [0.25, 0.3) is 0 Å². The van der Waals surface area contributed by atoms with E-state index in [-0.39, 0.29) is 0 Å². The van der Waals surface area contributed by atoms with E-state index in [2.05, 4.69) is 18.4 Å². The Morgan fingerprint density at radius 2 is 2.21 bits per heavy atom. The van der Waals surface area contributed by atoms with Crippen molar-refractivity contribution < 1.29 is 9.90 Å². The molecule has 0 bridgehead atoms.